The molecule has 0 bridgehead atoms. The fourth-order valence-electron chi connectivity index (χ4n) is 1.89. The van der Waals surface area contributed by atoms with Crippen molar-refractivity contribution in [2.45, 2.75) is 4.90 Å². The van der Waals surface area contributed by atoms with Crippen LogP contribution >= 0.6 is 34.8 Å². The van der Waals surface area contributed by atoms with Gasteiger partial charge < -0.3 is 4.74 Å². The lowest BCUT2D eigenvalue weighted by molar-refractivity contribution is 0.0731. The molecule has 0 aromatic heterocycles. The molecule has 0 aliphatic carbocycles. The third kappa shape index (κ3) is 4.11. The molecular formula is C16H11Cl3O4S. The summed E-state index contributed by atoms with van der Waals surface area (Å²) in [6, 6.07) is 8.33. The van der Waals surface area contributed by atoms with E-state index in [1.807, 2.05) is 0 Å². The highest BCUT2D eigenvalue weighted by molar-refractivity contribution is 7.91. The molecule has 0 heterocycles. The van der Waals surface area contributed by atoms with Gasteiger partial charge in [-0.05, 0) is 18.2 Å². The lowest BCUT2D eigenvalue weighted by Crippen LogP contribution is -2.15. The van der Waals surface area contributed by atoms with Crippen LogP contribution in [0, 0.1) is 0 Å². The Hall–Kier alpha value is -1.53. The standard InChI is InChI=1S/C16H11Cl3O4S/c1-2-7-24(21,22)15-6-4-3-5-10(15)16(20)23-14-9-12(18)11(17)8-13(14)19/h2-6,8-9H,1,7H2. The summed E-state index contributed by atoms with van der Waals surface area (Å²) in [6.07, 6.45) is 1.24. The second-order valence-corrected chi connectivity index (χ2v) is 7.88. The number of carbonyl (C=O) groups excluding carboxylic acids is 1. The van der Waals surface area contributed by atoms with Gasteiger partial charge in [0.25, 0.3) is 0 Å². The normalized spacial score (nSPS) is 11.1. The molecule has 2 aromatic carbocycles. The van der Waals surface area contributed by atoms with Crippen LogP contribution in [0.3, 0.4) is 0 Å². The van der Waals surface area contributed by atoms with Crippen LogP contribution in [0.4, 0.5) is 0 Å². The average molecular weight is 406 g/mol. The molecule has 4 nitrogen and oxygen atoms in total. The highest BCUT2D eigenvalue weighted by Crippen LogP contribution is 2.34. The third-order valence-electron chi connectivity index (χ3n) is 2.96. The topological polar surface area (TPSA) is 60.4 Å². The lowest BCUT2D eigenvalue weighted by Gasteiger charge is -2.11. The zero-order valence-corrected chi connectivity index (χ0v) is 15.2. The number of ether oxygens (including phenoxy) is 1. The molecule has 126 valence electrons. The third-order valence-corrected chi connectivity index (χ3v) is 5.67. The predicted octanol–water partition coefficient (Wildman–Crippen LogP) is 4.83. The summed E-state index contributed by atoms with van der Waals surface area (Å²) >= 11 is 17.6. The van der Waals surface area contributed by atoms with E-state index in [1.54, 1.807) is 0 Å². The molecule has 0 N–H and O–H groups in total. The van der Waals surface area contributed by atoms with Crippen molar-refractivity contribution in [2.24, 2.45) is 0 Å². The van der Waals surface area contributed by atoms with Gasteiger partial charge in [0.15, 0.2) is 15.6 Å². The molecule has 0 fully saturated rings. The molecule has 0 unspecified atom stereocenters. The predicted molar refractivity (Wildman–Crippen MR) is 95.1 cm³/mol. The van der Waals surface area contributed by atoms with E-state index in [4.69, 9.17) is 39.5 Å². The number of rotatable bonds is 5. The lowest BCUT2D eigenvalue weighted by atomic mass is 10.2. The molecule has 0 radical (unpaired) electrons. The number of esters is 1. The SMILES string of the molecule is C=CCS(=O)(=O)c1ccccc1C(=O)Oc1cc(Cl)c(Cl)cc1Cl. The zero-order chi connectivity index (χ0) is 17.9. The molecule has 0 saturated carbocycles. The average Bonchev–Trinajstić information content (AvgIpc) is 2.52. The molecule has 8 heteroatoms. The monoisotopic (exact) mass is 404 g/mol. The van der Waals surface area contributed by atoms with Crippen LogP contribution in [-0.2, 0) is 9.84 Å². The molecule has 0 aliphatic rings. The van der Waals surface area contributed by atoms with Gasteiger partial charge in [-0.3, -0.25) is 0 Å². The van der Waals surface area contributed by atoms with E-state index in [-0.39, 0.29) is 37.0 Å². The number of halogens is 3. The van der Waals surface area contributed by atoms with Crippen LogP contribution in [-0.4, -0.2) is 20.1 Å². The Kier molecular flexibility index (Phi) is 5.93. The van der Waals surface area contributed by atoms with Gasteiger partial charge in [-0.2, -0.15) is 0 Å². The van der Waals surface area contributed by atoms with Crippen molar-refractivity contribution in [3.63, 3.8) is 0 Å². The Balaban J connectivity index is 2.42. The highest BCUT2D eigenvalue weighted by atomic mass is 35.5. The fraction of sp³-hybridized carbons (Fsp3) is 0.0625. The first kappa shape index (κ1) is 18.8. The van der Waals surface area contributed by atoms with Gasteiger partial charge in [0, 0.05) is 6.07 Å². The van der Waals surface area contributed by atoms with Crippen molar-refractivity contribution in [1.29, 1.82) is 0 Å². The number of benzene rings is 2. The van der Waals surface area contributed by atoms with Crippen LogP contribution in [0.2, 0.25) is 15.1 Å². The van der Waals surface area contributed by atoms with E-state index in [0.29, 0.717) is 0 Å². The van der Waals surface area contributed by atoms with Crippen LogP contribution in [0.1, 0.15) is 10.4 Å². The largest absolute Gasteiger partial charge is 0.421 e. The highest BCUT2D eigenvalue weighted by Gasteiger charge is 2.23. The first-order valence-electron chi connectivity index (χ1n) is 6.55. The molecule has 2 aromatic rings. The van der Waals surface area contributed by atoms with Crippen LogP contribution < -0.4 is 4.74 Å². The number of sulfone groups is 1. The second-order valence-electron chi connectivity index (χ2n) is 4.65. The Bertz CT molecular complexity index is 908. The first-order valence-corrected chi connectivity index (χ1v) is 9.34. The van der Waals surface area contributed by atoms with Crippen molar-refractivity contribution in [3.8, 4) is 5.75 Å². The quantitative estimate of drug-likeness (QED) is 0.309. The minimum absolute atomic E-state index is 0.0213. The molecule has 0 spiro atoms. The van der Waals surface area contributed by atoms with Gasteiger partial charge in [-0.15, -0.1) is 6.58 Å². The van der Waals surface area contributed by atoms with Crippen LogP contribution in [0.15, 0.2) is 53.9 Å². The number of carbonyl (C=O) groups is 1. The maximum Gasteiger partial charge on any atom is 0.344 e. The summed E-state index contributed by atoms with van der Waals surface area (Å²) in [6.45, 7) is 3.40. The van der Waals surface area contributed by atoms with Gasteiger partial charge >= 0.3 is 5.97 Å². The molecule has 0 aliphatic heterocycles. The summed E-state index contributed by atoms with van der Waals surface area (Å²) < 4.78 is 29.6. The Morgan fingerprint density at radius 1 is 1.08 bits per heavy atom. The Morgan fingerprint density at radius 3 is 2.38 bits per heavy atom. The molecule has 24 heavy (non-hydrogen) atoms. The summed E-state index contributed by atoms with van der Waals surface area (Å²) in [4.78, 5) is 12.2. The minimum Gasteiger partial charge on any atom is -0.421 e. The number of hydrogen-bond acceptors (Lipinski definition) is 4. The molecule has 0 saturated heterocycles. The van der Waals surface area contributed by atoms with E-state index < -0.39 is 15.8 Å². The van der Waals surface area contributed by atoms with Crippen molar-refractivity contribution >= 4 is 50.6 Å². The van der Waals surface area contributed by atoms with E-state index in [9.17, 15) is 13.2 Å². The van der Waals surface area contributed by atoms with Gasteiger partial charge in [0.1, 0.15) is 0 Å². The summed E-state index contributed by atoms with van der Waals surface area (Å²) in [7, 11) is -3.70. The van der Waals surface area contributed by atoms with Gasteiger partial charge in [0.05, 0.1) is 31.3 Å². The van der Waals surface area contributed by atoms with Crippen molar-refractivity contribution in [2.75, 3.05) is 5.75 Å². The van der Waals surface area contributed by atoms with Crippen LogP contribution in [0.25, 0.3) is 0 Å². The van der Waals surface area contributed by atoms with Crippen molar-refractivity contribution < 1.29 is 17.9 Å². The number of hydrogen-bond donors (Lipinski definition) is 0. The minimum atomic E-state index is -3.70. The molecule has 2 rings (SSSR count). The molecule has 0 atom stereocenters. The maximum absolute atomic E-state index is 12.4. The fourth-order valence-corrected chi connectivity index (χ4v) is 3.73. The van der Waals surface area contributed by atoms with Crippen molar-refractivity contribution in [1.82, 2.24) is 0 Å². The van der Waals surface area contributed by atoms with E-state index in [2.05, 4.69) is 6.58 Å². The second kappa shape index (κ2) is 7.57. The van der Waals surface area contributed by atoms with E-state index in [1.165, 1.54) is 42.5 Å². The molecular weight excluding hydrogens is 395 g/mol. The molecule has 0 amide bonds. The Morgan fingerprint density at radius 2 is 1.71 bits per heavy atom. The van der Waals surface area contributed by atoms with Crippen LogP contribution in [0.5, 0.6) is 5.75 Å². The smallest absolute Gasteiger partial charge is 0.344 e. The summed E-state index contributed by atoms with van der Waals surface area (Å²) in [5.74, 6) is -1.20. The van der Waals surface area contributed by atoms with Gasteiger partial charge in [-0.25, -0.2) is 13.2 Å². The first-order chi connectivity index (χ1) is 11.3. The van der Waals surface area contributed by atoms with Gasteiger partial charge in [0.2, 0.25) is 0 Å². The Labute approximate surface area is 154 Å². The zero-order valence-electron chi connectivity index (χ0n) is 12.1. The van der Waals surface area contributed by atoms with Crippen molar-refractivity contribution in [3.05, 3.63) is 69.7 Å². The summed E-state index contributed by atoms with van der Waals surface area (Å²) in [5, 5.41) is 0.427. The van der Waals surface area contributed by atoms with E-state index in [0.717, 1.165) is 0 Å². The van der Waals surface area contributed by atoms with Gasteiger partial charge in [-0.1, -0.05) is 53.0 Å². The van der Waals surface area contributed by atoms with E-state index >= 15 is 0 Å². The maximum atomic E-state index is 12.4. The summed E-state index contributed by atoms with van der Waals surface area (Å²) in [5.41, 5.74) is -0.110.